The van der Waals surface area contributed by atoms with Crippen molar-refractivity contribution in [2.75, 3.05) is 5.73 Å². The summed E-state index contributed by atoms with van der Waals surface area (Å²) in [5.74, 6) is -1.12. The molecular weight excluding hydrogens is 272 g/mol. The topological polar surface area (TPSA) is 107 Å². The molecular formula is C14H12N4O3. The van der Waals surface area contributed by atoms with Gasteiger partial charge in [-0.3, -0.25) is 0 Å². The Kier molecular flexibility index (Phi) is 3.15. The molecule has 0 saturated carbocycles. The van der Waals surface area contributed by atoms with Crippen molar-refractivity contribution in [3.63, 3.8) is 0 Å². The third-order valence-corrected chi connectivity index (χ3v) is 3.03. The Morgan fingerprint density at radius 1 is 1.29 bits per heavy atom. The van der Waals surface area contributed by atoms with Crippen LogP contribution >= 0.6 is 0 Å². The van der Waals surface area contributed by atoms with E-state index >= 15 is 0 Å². The van der Waals surface area contributed by atoms with Gasteiger partial charge in [-0.15, -0.1) is 5.10 Å². The lowest BCUT2D eigenvalue weighted by Crippen LogP contribution is -2.05. The molecule has 3 N–H and O–H groups in total. The number of nitrogens with two attached hydrogens (primary N) is 1. The first-order valence-electron chi connectivity index (χ1n) is 6.19. The zero-order valence-corrected chi connectivity index (χ0v) is 10.9. The Bertz CT molecular complexity index is 760. The summed E-state index contributed by atoms with van der Waals surface area (Å²) < 4.78 is 6.54. The largest absolute Gasteiger partial charge is 0.476 e. The van der Waals surface area contributed by atoms with E-state index in [2.05, 4.69) is 10.3 Å². The predicted octanol–water partition coefficient (Wildman–Crippen LogP) is 1.87. The van der Waals surface area contributed by atoms with Crippen LogP contribution < -0.4 is 5.73 Å². The fourth-order valence-electron chi connectivity index (χ4n) is 2.05. The van der Waals surface area contributed by atoms with E-state index in [4.69, 9.17) is 10.2 Å². The number of hydrogen-bond acceptors (Lipinski definition) is 5. The lowest BCUT2D eigenvalue weighted by molar-refractivity contribution is 0.0691. The molecule has 7 nitrogen and oxygen atoms in total. The third kappa shape index (κ3) is 2.48. The first-order valence-corrected chi connectivity index (χ1v) is 6.19. The minimum Gasteiger partial charge on any atom is -0.476 e. The molecule has 3 rings (SSSR count). The van der Waals surface area contributed by atoms with Crippen LogP contribution in [0, 0.1) is 0 Å². The van der Waals surface area contributed by atoms with Crippen LogP contribution in [0.1, 0.15) is 16.1 Å². The fraction of sp³-hybridized carbons (Fsp3) is 0.0714. The van der Waals surface area contributed by atoms with Gasteiger partial charge >= 0.3 is 5.97 Å². The van der Waals surface area contributed by atoms with Crippen molar-refractivity contribution in [2.24, 2.45) is 0 Å². The highest BCUT2D eigenvalue weighted by molar-refractivity contribution is 5.92. The Balaban J connectivity index is 2.08. The third-order valence-electron chi connectivity index (χ3n) is 3.03. The minimum absolute atomic E-state index is 0.0942. The van der Waals surface area contributed by atoms with E-state index in [1.165, 1.54) is 4.68 Å². The molecule has 0 amide bonds. The number of nitrogen functional groups attached to an aromatic ring is 1. The lowest BCUT2D eigenvalue weighted by Gasteiger charge is -2.06. The number of benzene rings is 1. The van der Waals surface area contributed by atoms with Gasteiger partial charge in [-0.2, -0.15) is 0 Å². The second-order valence-electron chi connectivity index (χ2n) is 4.50. The van der Waals surface area contributed by atoms with Crippen molar-refractivity contribution in [1.82, 2.24) is 15.0 Å². The summed E-state index contributed by atoms with van der Waals surface area (Å²) in [5, 5.41) is 16.9. The second-order valence-corrected chi connectivity index (χ2v) is 4.50. The fourth-order valence-corrected chi connectivity index (χ4v) is 2.05. The van der Waals surface area contributed by atoms with Gasteiger partial charge in [0.05, 0.1) is 19.1 Å². The maximum Gasteiger partial charge on any atom is 0.358 e. The number of aromatic nitrogens is 3. The highest BCUT2D eigenvalue weighted by atomic mass is 16.4. The normalized spacial score (nSPS) is 10.7. The Labute approximate surface area is 119 Å². The average Bonchev–Trinajstić information content (AvgIpc) is 3.10. The molecule has 0 spiro atoms. The molecule has 0 aliphatic heterocycles. The molecule has 0 fully saturated rings. The van der Waals surface area contributed by atoms with Crippen molar-refractivity contribution in [2.45, 2.75) is 6.54 Å². The maximum atomic E-state index is 11.3. The molecule has 21 heavy (non-hydrogen) atoms. The molecule has 2 aromatic heterocycles. The minimum atomic E-state index is -1.12. The maximum absolute atomic E-state index is 11.3. The van der Waals surface area contributed by atoms with E-state index in [1.807, 2.05) is 0 Å². The van der Waals surface area contributed by atoms with Crippen molar-refractivity contribution in [3.05, 3.63) is 54.1 Å². The lowest BCUT2D eigenvalue weighted by atomic mass is 10.1. The number of carboxylic acid groups (broad SMARTS) is 1. The van der Waals surface area contributed by atoms with Crippen LogP contribution in [-0.4, -0.2) is 26.1 Å². The van der Waals surface area contributed by atoms with Crippen molar-refractivity contribution in [1.29, 1.82) is 0 Å². The highest BCUT2D eigenvalue weighted by Crippen LogP contribution is 2.24. The summed E-state index contributed by atoms with van der Waals surface area (Å²) in [6.45, 7) is 0.372. The van der Waals surface area contributed by atoms with Gasteiger partial charge in [0.15, 0.2) is 5.69 Å². The predicted molar refractivity (Wildman–Crippen MR) is 74.6 cm³/mol. The molecule has 0 radical (unpaired) electrons. The summed E-state index contributed by atoms with van der Waals surface area (Å²) in [7, 11) is 0. The summed E-state index contributed by atoms with van der Waals surface area (Å²) in [6, 6.07) is 8.68. The molecule has 0 atom stereocenters. The molecule has 3 aromatic rings. The van der Waals surface area contributed by atoms with Crippen LogP contribution in [0.25, 0.3) is 11.3 Å². The van der Waals surface area contributed by atoms with Crippen LogP contribution in [0.15, 0.2) is 47.3 Å². The van der Waals surface area contributed by atoms with E-state index < -0.39 is 5.97 Å². The highest BCUT2D eigenvalue weighted by Gasteiger charge is 2.20. The van der Waals surface area contributed by atoms with Gasteiger partial charge < -0.3 is 15.3 Å². The number of rotatable bonds is 4. The number of carboxylic acids is 1. The van der Waals surface area contributed by atoms with Gasteiger partial charge in [-0.05, 0) is 18.2 Å². The molecule has 106 valence electrons. The first kappa shape index (κ1) is 12.9. The zero-order chi connectivity index (χ0) is 14.8. The molecule has 0 saturated heterocycles. The van der Waals surface area contributed by atoms with Gasteiger partial charge in [-0.1, -0.05) is 17.3 Å². The quantitative estimate of drug-likeness (QED) is 0.708. The van der Waals surface area contributed by atoms with E-state index in [-0.39, 0.29) is 5.69 Å². The molecule has 0 bridgehead atoms. The van der Waals surface area contributed by atoms with Gasteiger partial charge in [0, 0.05) is 16.8 Å². The molecule has 0 unspecified atom stereocenters. The van der Waals surface area contributed by atoms with Crippen molar-refractivity contribution in [3.8, 4) is 11.3 Å². The van der Waals surface area contributed by atoms with Crippen LogP contribution in [0.5, 0.6) is 0 Å². The Hall–Kier alpha value is -3.09. The van der Waals surface area contributed by atoms with Gasteiger partial charge in [-0.25, -0.2) is 9.48 Å². The smallest absolute Gasteiger partial charge is 0.358 e. The molecule has 2 heterocycles. The Morgan fingerprint density at radius 3 is 2.67 bits per heavy atom. The SMILES string of the molecule is Nc1ccc(-c2c(C(=O)O)nnn2Cc2ccoc2)cc1. The van der Waals surface area contributed by atoms with Crippen molar-refractivity contribution < 1.29 is 14.3 Å². The zero-order valence-electron chi connectivity index (χ0n) is 10.9. The summed E-state index contributed by atoms with van der Waals surface area (Å²) in [6.07, 6.45) is 3.13. The molecule has 0 aliphatic carbocycles. The number of hydrogen-bond donors (Lipinski definition) is 2. The van der Waals surface area contributed by atoms with Crippen LogP contribution in [0.4, 0.5) is 5.69 Å². The van der Waals surface area contributed by atoms with Crippen LogP contribution in [0.2, 0.25) is 0 Å². The number of anilines is 1. The molecule has 7 heteroatoms. The second kappa shape index (κ2) is 5.12. The number of carbonyl (C=O) groups is 1. The van der Waals surface area contributed by atoms with Gasteiger partial charge in [0.2, 0.25) is 0 Å². The van der Waals surface area contributed by atoms with E-state index in [0.717, 1.165) is 5.56 Å². The molecule has 0 aliphatic rings. The number of furan rings is 1. The average molecular weight is 284 g/mol. The van der Waals surface area contributed by atoms with E-state index in [9.17, 15) is 9.90 Å². The standard InChI is InChI=1S/C14H12N4O3/c15-11-3-1-10(2-4-11)13-12(14(19)20)16-17-18(13)7-9-5-6-21-8-9/h1-6,8H,7,15H2,(H,19,20). The number of aromatic carboxylic acids is 1. The monoisotopic (exact) mass is 284 g/mol. The summed E-state index contributed by atoms with van der Waals surface area (Å²) in [4.78, 5) is 11.3. The van der Waals surface area contributed by atoms with E-state index in [0.29, 0.717) is 23.5 Å². The van der Waals surface area contributed by atoms with Gasteiger partial charge in [0.25, 0.3) is 0 Å². The van der Waals surface area contributed by atoms with Crippen LogP contribution in [0.3, 0.4) is 0 Å². The summed E-state index contributed by atoms with van der Waals surface area (Å²) in [5.41, 5.74) is 8.16. The van der Waals surface area contributed by atoms with E-state index in [1.54, 1.807) is 42.9 Å². The first-order chi connectivity index (χ1) is 10.1. The van der Waals surface area contributed by atoms with Crippen LogP contribution in [-0.2, 0) is 6.54 Å². The van der Waals surface area contributed by atoms with Gasteiger partial charge in [0.1, 0.15) is 5.69 Å². The van der Waals surface area contributed by atoms with Crippen molar-refractivity contribution >= 4 is 11.7 Å². The summed E-state index contributed by atoms with van der Waals surface area (Å²) >= 11 is 0. The Morgan fingerprint density at radius 2 is 2.05 bits per heavy atom. The number of nitrogens with zero attached hydrogens (tertiary/aromatic N) is 3. The molecule has 1 aromatic carbocycles.